The molecule has 2 amide bonds. The normalized spacial score (nSPS) is 15.1. The number of halogens is 8. The Morgan fingerprint density at radius 3 is 2.41 bits per heavy atom. The third kappa shape index (κ3) is 5.92. The molecule has 0 spiro atoms. The van der Waals surface area contributed by atoms with Crippen molar-refractivity contribution < 1.29 is 49.8 Å². The molecule has 1 aliphatic carbocycles. The minimum Gasteiger partial charge on any atom is -0.452 e. The van der Waals surface area contributed by atoms with Crippen LogP contribution in [0.15, 0.2) is 29.4 Å². The molecule has 1 aromatic heterocycles. The van der Waals surface area contributed by atoms with Crippen LogP contribution in [0.3, 0.4) is 0 Å². The van der Waals surface area contributed by atoms with Crippen LogP contribution in [0, 0.1) is 11.3 Å². The predicted molar refractivity (Wildman–Crippen MR) is 128 cm³/mol. The SMILES string of the molecule is COC(=O)N(C(=O)c1cc(C(=C/N)/C=N/c2c(OC(F)F)c(C(F)(F)C(F)(F)F)nn2C)ccc1Cl)C1(C#N)CC1. The van der Waals surface area contributed by atoms with Gasteiger partial charge in [0.25, 0.3) is 5.91 Å². The van der Waals surface area contributed by atoms with E-state index < -0.39 is 53.5 Å². The minimum atomic E-state index is -6.19. The highest BCUT2D eigenvalue weighted by Gasteiger charge is 2.62. The third-order valence-electron chi connectivity index (χ3n) is 5.79. The van der Waals surface area contributed by atoms with Crippen molar-refractivity contribution in [3.05, 3.63) is 46.2 Å². The summed E-state index contributed by atoms with van der Waals surface area (Å²) >= 11 is 6.16. The van der Waals surface area contributed by atoms with Gasteiger partial charge in [-0.3, -0.25) is 4.79 Å². The van der Waals surface area contributed by atoms with Gasteiger partial charge in [-0.25, -0.2) is 19.4 Å². The van der Waals surface area contributed by atoms with Gasteiger partial charge in [0.15, 0.2) is 17.3 Å². The molecule has 0 radical (unpaired) electrons. The molecule has 1 aromatic carbocycles. The van der Waals surface area contributed by atoms with E-state index in [0.29, 0.717) is 9.58 Å². The fraction of sp³-hybridized carbons (Fsp3) is 0.348. The van der Waals surface area contributed by atoms with E-state index in [4.69, 9.17) is 17.3 Å². The van der Waals surface area contributed by atoms with Crippen molar-refractivity contribution in [2.45, 2.75) is 37.1 Å². The van der Waals surface area contributed by atoms with Gasteiger partial charge in [-0.2, -0.15) is 41.1 Å². The van der Waals surface area contributed by atoms with E-state index in [1.165, 1.54) is 12.1 Å². The molecule has 2 aromatic rings. The number of nitrogens with two attached hydrogens (primary N) is 1. The highest BCUT2D eigenvalue weighted by Crippen LogP contribution is 2.49. The highest BCUT2D eigenvalue weighted by atomic mass is 35.5. The summed E-state index contributed by atoms with van der Waals surface area (Å²) in [6.07, 6.45) is -5.28. The van der Waals surface area contributed by atoms with Crippen LogP contribution in [0.25, 0.3) is 5.57 Å². The zero-order valence-electron chi connectivity index (χ0n) is 20.8. The highest BCUT2D eigenvalue weighted by molar-refractivity contribution is 6.34. The number of nitrogens with zero attached hydrogens (tertiary/aromatic N) is 5. The number of methoxy groups -OCH3 is 1. The lowest BCUT2D eigenvalue weighted by Gasteiger charge is -2.24. The second-order valence-electron chi connectivity index (χ2n) is 8.40. The number of carbonyl (C=O) groups is 2. The van der Waals surface area contributed by atoms with Gasteiger partial charge < -0.3 is 15.2 Å². The monoisotopic (exact) mass is 610 g/mol. The van der Waals surface area contributed by atoms with E-state index in [1.807, 2.05) is 6.07 Å². The molecular formula is C23H18ClF7N6O4. The molecule has 0 atom stereocenters. The molecule has 18 heteroatoms. The van der Waals surface area contributed by atoms with E-state index in [2.05, 4.69) is 19.6 Å². The zero-order valence-corrected chi connectivity index (χ0v) is 21.6. The molecule has 0 bridgehead atoms. The van der Waals surface area contributed by atoms with Crippen LogP contribution >= 0.6 is 11.6 Å². The largest absolute Gasteiger partial charge is 0.459 e. The molecule has 1 saturated carbocycles. The number of allylic oxidation sites excluding steroid dienone is 1. The number of benzene rings is 1. The topological polar surface area (TPSA) is 136 Å². The van der Waals surface area contributed by atoms with Crippen LogP contribution in [-0.2, 0) is 17.7 Å². The van der Waals surface area contributed by atoms with Crippen LogP contribution in [0.5, 0.6) is 5.75 Å². The van der Waals surface area contributed by atoms with Crippen molar-refractivity contribution in [3.8, 4) is 11.8 Å². The van der Waals surface area contributed by atoms with E-state index in [0.717, 1.165) is 32.6 Å². The number of imide groups is 1. The Balaban J connectivity index is 2.06. The van der Waals surface area contributed by atoms with E-state index in [-0.39, 0.29) is 34.6 Å². The first-order valence-electron chi connectivity index (χ1n) is 11.1. The number of aliphatic imine (C=N–C) groups is 1. The van der Waals surface area contributed by atoms with Crippen molar-refractivity contribution in [3.63, 3.8) is 0 Å². The lowest BCUT2D eigenvalue weighted by Crippen LogP contribution is -2.46. The number of rotatable bonds is 8. The molecule has 1 fully saturated rings. The van der Waals surface area contributed by atoms with Gasteiger partial charge in [0.05, 0.1) is 23.8 Å². The summed E-state index contributed by atoms with van der Waals surface area (Å²) in [5, 5.41) is 12.3. The van der Waals surface area contributed by atoms with Gasteiger partial charge in [-0.15, -0.1) is 0 Å². The Morgan fingerprint density at radius 1 is 1.29 bits per heavy atom. The second-order valence-corrected chi connectivity index (χ2v) is 8.81. The summed E-state index contributed by atoms with van der Waals surface area (Å²) in [5.74, 6) is -9.26. The zero-order chi connectivity index (χ0) is 30.9. The number of ether oxygens (including phenoxy) is 2. The fourth-order valence-corrected chi connectivity index (χ4v) is 3.75. The number of aromatic nitrogens is 2. The average molecular weight is 611 g/mol. The maximum atomic E-state index is 14.0. The Labute approximate surface area is 231 Å². The van der Waals surface area contributed by atoms with Crippen molar-refractivity contribution in [1.29, 1.82) is 5.26 Å². The standard InChI is InChI=1S/C23H18ClF7N6O4/c1-36-17(15(41-19(25)26)16(35-36)22(27,28)23(29,30)31)34-9-12(8-32)11-3-4-14(24)13(7-11)18(38)37(20(39)40-2)21(10-33)5-6-21/h3-4,7-9,19H,5-6,32H2,1-2H3/b12-8+,34-9+. The van der Waals surface area contributed by atoms with Crippen LogP contribution in [0.4, 0.5) is 41.3 Å². The molecule has 2 N–H and O–H groups in total. The van der Waals surface area contributed by atoms with Crippen molar-refractivity contribution in [2.75, 3.05) is 7.11 Å². The summed E-state index contributed by atoms with van der Waals surface area (Å²) in [4.78, 5) is 29.9. The number of alkyl halides is 7. The summed E-state index contributed by atoms with van der Waals surface area (Å²) in [5.41, 5.74) is 1.66. The summed E-state index contributed by atoms with van der Waals surface area (Å²) < 4.78 is 102. The molecule has 1 heterocycles. The van der Waals surface area contributed by atoms with Crippen molar-refractivity contribution in [2.24, 2.45) is 17.8 Å². The van der Waals surface area contributed by atoms with E-state index in [9.17, 15) is 45.6 Å². The number of carbonyl (C=O) groups excluding carboxylic acids is 2. The van der Waals surface area contributed by atoms with E-state index >= 15 is 0 Å². The first-order valence-corrected chi connectivity index (χ1v) is 11.5. The van der Waals surface area contributed by atoms with E-state index in [1.54, 1.807) is 0 Å². The molecular weight excluding hydrogens is 593 g/mol. The maximum absolute atomic E-state index is 14.0. The van der Waals surface area contributed by atoms with Crippen LogP contribution in [-0.4, -0.2) is 58.3 Å². The first-order chi connectivity index (χ1) is 19.0. The van der Waals surface area contributed by atoms with Gasteiger partial charge in [0, 0.05) is 25.0 Å². The number of hydrogen-bond acceptors (Lipinski definition) is 8. The van der Waals surface area contributed by atoms with Crippen molar-refractivity contribution in [1.82, 2.24) is 14.7 Å². The Kier molecular flexibility index (Phi) is 8.58. The third-order valence-corrected chi connectivity index (χ3v) is 6.12. The predicted octanol–water partition coefficient (Wildman–Crippen LogP) is 5.30. The van der Waals surface area contributed by atoms with Gasteiger partial charge in [0.1, 0.15) is 5.54 Å². The van der Waals surface area contributed by atoms with Crippen LogP contribution in [0.2, 0.25) is 5.02 Å². The Hall–Kier alpha value is -4.33. The molecule has 0 unspecified atom stereocenters. The van der Waals surface area contributed by atoms with Gasteiger partial charge >= 0.3 is 24.8 Å². The number of aryl methyl sites for hydroxylation is 1. The molecule has 10 nitrogen and oxygen atoms in total. The molecule has 1 aliphatic rings. The van der Waals surface area contributed by atoms with Gasteiger partial charge in [0.2, 0.25) is 0 Å². The van der Waals surface area contributed by atoms with Crippen LogP contribution in [0.1, 0.15) is 34.5 Å². The maximum Gasteiger partial charge on any atom is 0.459 e. The lowest BCUT2D eigenvalue weighted by molar-refractivity contribution is -0.291. The Bertz CT molecular complexity index is 1460. The number of nitriles is 1. The van der Waals surface area contributed by atoms with Crippen LogP contribution < -0.4 is 10.5 Å². The summed E-state index contributed by atoms with van der Waals surface area (Å²) in [6.45, 7) is -3.81. The summed E-state index contributed by atoms with van der Waals surface area (Å²) in [7, 11) is 1.86. The van der Waals surface area contributed by atoms with Gasteiger partial charge in [-0.05, 0) is 30.5 Å². The van der Waals surface area contributed by atoms with Gasteiger partial charge in [-0.1, -0.05) is 17.7 Å². The molecule has 3 rings (SSSR count). The molecule has 220 valence electrons. The molecule has 0 saturated heterocycles. The number of hydrogen-bond donors (Lipinski definition) is 1. The molecule has 41 heavy (non-hydrogen) atoms. The first kappa shape index (κ1) is 31.2. The summed E-state index contributed by atoms with van der Waals surface area (Å²) in [6, 6.07) is 5.52. The number of amides is 2. The minimum absolute atomic E-state index is 0.0509. The smallest absolute Gasteiger partial charge is 0.452 e. The Morgan fingerprint density at radius 2 is 1.93 bits per heavy atom. The molecule has 0 aliphatic heterocycles. The lowest BCUT2D eigenvalue weighted by atomic mass is 10.0. The van der Waals surface area contributed by atoms with Crippen molar-refractivity contribution >= 4 is 41.2 Å². The quantitative estimate of drug-likeness (QED) is 0.317. The fourth-order valence-electron chi connectivity index (χ4n) is 3.56. The second kappa shape index (κ2) is 11.3. The average Bonchev–Trinajstić information content (AvgIpc) is 3.62.